The molecule has 1 aliphatic carbocycles. The molecule has 1 aromatic heterocycles. The van der Waals surface area contributed by atoms with E-state index in [-0.39, 0.29) is 12.1 Å². The Hall–Kier alpha value is 0.100. The Morgan fingerprint density at radius 3 is 3.00 bits per heavy atom. The van der Waals surface area contributed by atoms with Crippen LogP contribution in [0.2, 0.25) is 0 Å². The lowest BCUT2D eigenvalue weighted by atomic mass is 10.2. The van der Waals surface area contributed by atoms with Crippen LogP contribution in [-0.4, -0.2) is 12.1 Å². The average molecular weight is 276 g/mol. The molecule has 2 nitrogen and oxygen atoms in total. The van der Waals surface area contributed by atoms with Crippen LogP contribution in [0.15, 0.2) is 15.9 Å². The number of hydrogen-bond acceptors (Lipinski definition) is 3. The number of halogens is 1. The Labute approximate surface area is 96.6 Å². The highest BCUT2D eigenvalue weighted by atomic mass is 79.9. The van der Waals surface area contributed by atoms with Crippen molar-refractivity contribution in [3.8, 4) is 0 Å². The Morgan fingerprint density at radius 1 is 1.57 bits per heavy atom. The van der Waals surface area contributed by atoms with E-state index in [0.29, 0.717) is 6.61 Å². The lowest BCUT2D eigenvalue weighted by molar-refractivity contribution is 0.0370. The minimum atomic E-state index is 0.244. The largest absolute Gasteiger partial charge is 0.371 e. The van der Waals surface area contributed by atoms with E-state index >= 15 is 0 Å². The van der Waals surface area contributed by atoms with Gasteiger partial charge in [-0.1, -0.05) is 0 Å². The lowest BCUT2D eigenvalue weighted by Crippen LogP contribution is -2.31. The molecule has 2 N–H and O–H groups in total. The predicted octanol–water partition coefficient (Wildman–Crippen LogP) is 2.91. The Balaban J connectivity index is 1.85. The van der Waals surface area contributed by atoms with Crippen LogP contribution in [0.3, 0.4) is 0 Å². The van der Waals surface area contributed by atoms with Gasteiger partial charge in [0.25, 0.3) is 0 Å². The highest BCUT2D eigenvalue weighted by Gasteiger charge is 2.24. The fraction of sp³-hybridized carbons (Fsp3) is 0.600. The van der Waals surface area contributed by atoms with Crippen LogP contribution in [0.5, 0.6) is 0 Å². The zero-order chi connectivity index (χ0) is 9.97. The zero-order valence-corrected chi connectivity index (χ0v) is 10.3. The van der Waals surface area contributed by atoms with E-state index in [1.54, 1.807) is 11.3 Å². The molecule has 0 amide bonds. The van der Waals surface area contributed by atoms with E-state index in [1.807, 2.05) is 0 Å². The number of ether oxygens (including phenoxy) is 1. The molecule has 0 aromatic carbocycles. The summed E-state index contributed by atoms with van der Waals surface area (Å²) < 4.78 is 6.94. The quantitative estimate of drug-likeness (QED) is 0.921. The van der Waals surface area contributed by atoms with Gasteiger partial charge in [0.15, 0.2) is 0 Å². The van der Waals surface area contributed by atoms with Crippen molar-refractivity contribution in [1.29, 1.82) is 0 Å². The van der Waals surface area contributed by atoms with E-state index in [9.17, 15) is 0 Å². The van der Waals surface area contributed by atoms with Crippen LogP contribution >= 0.6 is 27.3 Å². The highest BCUT2D eigenvalue weighted by Crippen LogP contribution is 2.26. The van der Waals surface area contributed by atoms with Gasteiger partial charge in [-0.15, -0.1) is 11.3 Å². The molecule has 14 heavy (non-hydrogen) atoms. The van der Waals surface area contributed by atoms with E-state index in [2.05, 4.69) is 27.4 Å². The summed E-state index contributed by atoms with van der Waals surface area (Å²) in [6.45, 7) is 0.691. The topological polar surface area (TPSA) is 35.2 Å². The van der Waals surface area contributed by atoms with Gasteiger partial charge < -0.3 is 10.5 Å². The van der Waals surface area contributed by atoms with Crippen LogP contribution in [0.4, 0.5) is 0 Å². The maximum atomic E-state index is 5.92. The van der Waals surface area contributed by atoms with Gasteiger partial charge in [-0.05, 0) is 46.6 Å². The minimum absolute atomic E-state index is 0.244. The van der Waals surface area contributed by atoms with Gasteiger partial charge in [0.1, 0.15) is 0 Å². The molecule has 78 valence electrons. The molecular formula is C10H14BrNOS. The Kier molecular flexibility index (Phi) is 3.60. The van der Waals surface area contributed by atoms with Crippen molar-refractivity contribution in [2.75, 3.05) is 0 Å². The van der Waals surface area contributed by atoms with E-state index in [4.69, 9.17) is 10.5 Å². The molecule has 0 bridgehead atoms. The third-order valence-electron chi connectivity index (χ3n) is 2.62. The normalized spacial score (nSPS) is 27.0. The summed E-state index contributed by atoms with van der Waals surface area (Å²) in [4.78, 5) is 1.25. The molecule has 2 unspecified atom stereocenters. The van der Waals surface area contributed by atoms with Gasteiger partial charge in [0.05, 0.1) is 12.7 Å². The summed E-state index contributed by atoms with van der Waals surface area (Å²) in [6, 6.07) is 2.30. The van der Waals surface area contributed by atoms with Crippen LogP contribution in [0.25, 0.3) is 0 Å². The summed E-state index contributed by atoms with van der Waals surface area (Å²) >= 11 is 5.21. The monoisotopic (exact) mass is 275 g/mol. The second-order valence-corrected chi connectivity index (χ2v) is 5.49. The summed E-state index contributed by atoms with van der Waals surface area (Å²) in [5.74, 6) is 0. The van der Waals surface area contributed by atoms with Crippen molar-refractivity contribution in [1.82, 2.24) is 0 Å². The van der Waals surface area contributed by atoms with Gasteiger partial charge in [-0.25, -0.2) is 0 Å². The van der Waals surface area contributed by atoms with E-state index in [1.165, 1.54) is 11.3 Å². The molecule has 4 heteroatoms. The standard InChI is InChI=1S/C10H14BrNOS/c11-7-4-5-14-10(7)6-13-9-3-1-2-8(9)12/h4-5,8-9H,1-3,6,12H2. The number of rotatable bonds is 3. The molecule has 0 radical (unpaired) electrons. The molecule has 1 saturated carbocycles. The molecule has 0 saturated heterocycles. The smallest absolute Gasteiger partial charge is 0.0825 e. The Bertz CT molecular complexity index is 302. The van der Waals surface area contributed by atoms with Crippen LogP contribution < -0.4 is 5.73 Å². The van der Waals surface area contributed by atoms with Gasteiger partial charge in [0, 0.05) is 15.4 Å². The lowest BCUT2D eigenvalue weighted by Gasteiger charge is -2.15. The first-order valence-electron chi connectivity index (χ1n) is 4.86. The van der Waals surface area contributed by atoms with Crippen molar-refractivity contribution >= 4 is 27.3 Å². The van der Waals surface area contributed by atoms with Crippen molar-refractivity contribution < 1.29 is 4.74 Å². The minimum Gasteiger partial charge on any atom is -0.371 e. The highest BCUT2D eigenvalue weighted by molar-refractivity contribution is 9.10. The molecule has 1 heterocycles. The second-order valence-electron chi connectivity index (χ2n) is 3.64. The molecule has 2 atom stereocenters. The van der Waals surface area contributed by atoms with Gasteiger partial charge in [0.2, 0.25) is 0 Å². The van der Waals surface area contributed by atoms with Gasteiger partial charge >= 0.3 is 0 Å². The van der Waals surface area contributed by atoms with Crippen molar-refractivity contribution in [2.45, 2.75) is 38.0 Å². The van der Waals surface area contributed by atoms with Crippen LogP contribution in [-0.2, 0) is 11.3 Å². The SMILES string of the molecule is NC1CCCC1OCc1sccc1Br. The molecule has 0 aliphatic heterocycles. The summed E-state index contributed by atoms with van der Waals surface area (Å²) in [7, 11) is 0. The Morgan fingerprint density at radius 2 is 2.43 bits per heavy atom. The van der Waals surface area contributed by atoms with Crippen molar-refractivity contribution in [3.63, 3.8) is 0 Å². The van der Waals surface area contributed by atoms with E-state index in [0.717, 1.165) is 17.3 Å². The fourth-order valence-corrected chi connectivity index (χ4v) is 3.16. The molecule has 1 fully saturated rings. The molecule has 2 rings (SSSR count). The fourth-order valence-electron chi connectivity index (χ4n) is 1.77. The first-order valence-corrected chi connectivity index (χ1v) is 6.53. The van der Waals surface area contributed by atoms with Gasteiger partial charge in [-0.3, -0.25) is 0 Å². The average Bonchev–Trinajstić information content (AvgIpc) is 2.72. The molecule has 1 aromatic rings. The third kappa shape index (κ3) is 2.37. The van der Waals surface area contributed by atoms with Crippen LogP contribution in [0.1, 0.15) is 24.1 Å². The third-order valence-corrected chi connectivity index (χ3v) is 4.52. The predicted molar refractivity (Wildman–Crippen MR) is 62.4 cm³/mol. The summed E-state index contributed by atoms with van der Waals surface area (Å²) in [6.07, 6.45) is 3.70. The summed E-state index contributed by atoms with van der Waals surface area (Å²) in [5.41, 5.74) is 5.92. The first kappa shape index (κ1) is 10.6. The van der Waals surface area contributed by atoms with Crippen molar-refractivity contribution in [3.05, 3.63) is 20.8 Å². The molecular weight excluding hydrogens is 262 g/mol. The maximum Gasteiger partial charge on any atom is 0.0825 e. The number of thiophene rings is 1. The van der Waals surface area contributed by atoms with Crippen molar-refractivity contribution in [2.24, 2.45) is 5.73 Å². The van der Waals surface area contributed by atoms with Crippen LogP contribution in [0, 0.1) is 0 Å². The zero-order valence-electron chi connectivity index (χ0n) is 7.91. The molecule has 0 spiro atoms. The summed E-state index contributed by atoms with van der Waals surface area (Å²) in [5, 5.41) is 2.07. The second kappa shape index (κ2) is 4.75. The maximum absolute atomic E-state index is 5.92. The number of nitrogens with two attached hydrogens (primary N) is 1. The number of hydrogen-bond donors (Lipinski definition) is 1. The van der Waals surface area contributed by atoms with Gasteiger partial charge in [-0.2, -0.15) is 0 Å². The molecule has 1 aliphatic rings. The first-order chi connectivity index (χ1) is 6.77. The van der Waals surface area contributed by atoms with E-state index < -0.39 is 0 Å².